The minimum Gasteiger partial charge on any atom is -0.312 e. The van der Waals surface area contributed by atoms with E-state index in [0.717, 1.165) is 46.2 Å². The molecule has 4 aromatic rings. The fourth-order valence-electron chi connectivity index (χ4n) is 3.21. The molecule has 0 amide bonds. The molecule has 31 heavy (non-hydrogen) atoms. The van der Waals surface area contributed by atoms with Crippen LogP contribution in [0, 0.1) is 0 Å². The molecule has 0 saturated heterocycles. The van der Waals surface area contributed by atoms with Gasteiger partial charge < -0.3 is 4.57 Å². The van der Waals surface area contributed by atoms with Gasteiger partial charge >= 0.3 is 6.18 Å². The first-order chi connectivity index (χ1) is 15.0. The van der Waals surface area contributed by atoms with Crippen molar-refractivity contribution in [3.8, 4) is 11.1 Å². The molecular formula is C24H20F3N3S. The third-order valence-electron chi connectivity index (χ3n) is 4.89. The van der Waals surface area contributed by atoms with Crippen LogP contribution in [0.5, 0.6) is 0 Å². The van der Waals surface area contributed by atoms with Gasteiger partial charge in [-0.3, -0.25) is 0 Å². The lowest BCUT2D eigenvalue weighted by molar-refractivity contribution is -0.137. The Hall–Kier alpha value is -3.06. The van der Waals surface area contributed by atoms with Crippen LogP contribution in [-0.2, 0) is 24.2 Å². The summed E-state index contributed by atoms with van der Waals surface area (Å²) in [6, 6.07) is 23.3. The number of nitrogens with zero attached hydrogens (tertiary/aromatic N) is 3. The molecule has 3 nitrogen and oxygen atoms in total. The van der Waals surface area contributed by atoms with Crippen molar-refractivity contribution in [2.75, 3.05) is 0 Å². The van der Waals surface area contributed by atoms with Gasteiger partial charge in [-0.2, -0.15) is 13.2 Å². The molecular weight excluding hydrogens is 419 g/mol. The van der Waals surface area contributed by atoms with Gasteiger partial charge in [0.2, 0.25) is 0 Å². The summed E-state index contributed by atoms with van der Waals surface area (Å²) in [5, 5.41) is 8.28. The normalized spacial score (nSPS) is 11.6. The van der Waals surface area contributed by atoms with E-state index in [1.165, 1.54) is 17.7 Å². The van der Waals surface area contributed by atoms with Crippen LogP contribution in [0.1, 0.15) is 22.5 Å². The number of hydrogen-bond acceptors (Lipinski definition) is 3. The number of benzene rings is 3. The predicted octanol–water partition coefficient (Wildman–Crippen LogP) is 6.45. The average molecular weight is 440 g/mol. The van der Waals surface area contributed by atoms with Crippen molar-refractivity contribution >= 4 is 11.8 Å². The molecule has 158 valence electrons. The zero-order chi connectivity index (χ0) is 21.7. The van der Waals surface area contributed by atoms with Gasteiger partial charge in [0.15, 0.2) is 0 Å². The van der Waals surface area contributed by atoms with E-state index in [0.29, 0.717) is 6.54 Å². The molecule has 0 atom stereocenters. The highest BCUT2D eigenvalue weighted by Crippen LogP contribution is 2.31. The lowest BCUT2D eigenvalue weighted by Gasteiger charge is -2.09. The molecule has 0 saturated carbocycles. The number of alkyl halides is 3. The zero-order valence-electron chi connectivity index (χ0n) is 16.6. The van der Waals surface area contributed by atoms with E-state index in [9.17, 15) is 13.2 Å². The maximum absolute atomic E-state index is 12.7. The SMILES string of the molecule is FC(F)(F)c1ccc(-c2ccc(Cn3cnnc3CSCc3ccccc3)cc2)cc1. The van der Waals surface area contributed by atoms with Crippen LogP contribution in [0.2, 0.25) is 0 Å². The molecule has 0 aliphatic rings. The Labute approximate surface area is 183 Å². The maximum atomic E-state index is 12.7. The van der Waals surface area contributed by atoms with E-state index in [4.69, 9.17) is 0 Å². The van der Waals surface area contributed by atoms with Gasteiger partial charge in [-0.15, -0.1) is 22.0 Å². The summed E-state index contributed by atoms with van der Waals surface area (Å²) < 4.78 is 40.2. The maximum Gasteiger partial charge on any atom is 0.416 e. The molecule has 0 aliphatic heterocycles. The van der Waals surface area contributed by atoms with Crippen LogP contribution in [0.15, 0.2) is 85.2 Å². The smallest absolute Gasteiger partial charge is 0.312 e. The summed E-state index contributed by atoms with van der Waals surface area (Å²) in [4.78, 5) is 0. The number of hydrogen-bond donors (Lipinski definition) is 0. The molecule has 0 spiro atoms. The van der Waals surface area contributed by atoms with Crippen molar-refractivity contribution in [2.45, 2.75) is 24.2 Å². The van der Waals surface area contributed by atoms with Crippen LogP contribution >= 0.6 is 11.8 Å². The standard InChI is InChI=1S/C24H20F3N3S/c25-24(26,27)22-12-10-21(11-13-22)20-8-6-18(7-9-20)14-30-17-28-29-23(30)16-31-15-19-4-2-1-3-5-19/h1-13,17H,14-16H2. The highest BCUT2D eigenvalue weighted by atomic mass is 32.2. The van der Waals surface area contributed by atoms with E-state index in [1.54, 1.807) is 18.1 Å². The fraction of sp³-hybridized carbons (Fsp3) is 0.167. The Morgan fingerprint density at radius 2 is 1.39 bits per heavy atom. The van der Waals surface area contributed by atoms with Gasteiger partial charge in [-0.1, -0.05) is 66.7 Å². The number of rotatable bonds is 7. The highest BCUT2D eigenvalue weighted by Gasteiger charge is 2.29. The summed E-state index contributed by atoms with van der Waals surface area (Å²) in [5.74, 6) is 2.58. The number of thioether (sulfide) groups is 1. The topological polar surface area (TPSA) is 30.7 Å². The predicted molar refractivity (Wildman–Crippen MR) is 117 cm³/mol. The number of halogens is 3. The highest BCUT2D eigenvalue weighted by molar-refractivity contribution is 7.97. The van der Waals surface area contributed by atoms with Crippen molar-refractivity contribution in [3.63, 3.8) is 0 Å². The van der Waals surface area contributed by atoms with Crippen molar-refractivity contribution in [1.82, 2.24) is 14.8 Å². The monoisotopic (exact) mass is 439 g/mol. The van der Waals surface area contributed by atoms with E-state index in [-0.39, 0.29) is 0 Å². The molecule has 0 bridgehead atoms. The second-order valence-electron chi connectivity index (χ2n) is 7.13. The Morgan fingerprint density at radius 1 is 0.742 bits per heavy atom. The van der Waals surface area contributed by atoms with Gasteiger partial charge in [-0.05, 0) is 34.4 Å². The first-order valence-electron chi connectivity index (χ1n) is 9.74. The molecule has 0 unspecified atom stereocenters. The second-order valence-corrected chi connectivity index (χ2v) is 8.11. The molecule has 1 heterocycles. The summed E-state index contributed by atoms with van der Waals surface area (Å²) in [7, 11) is 0. The van der Waals surface area contributed by atoms with Crippen molar-refractivity contribution < 1.29 is 13.2 Å². The average Bonchev–Trinajstić information content (AvgIpc) is 3.21. The van der Waals surface area contributed by atoms with E-state index in [1.807, 2.05) is 47.0 Å². The quantitative estimate of drug-likeness (QED) is 0.332. The minimum atomic E-state index is -4.32. The Morgan fingerprint density at radius 3 is 2.03 bits per heavy atom. The third kappa shape index (κ3) is 5.55. The van der Waals surface area contributed by atoms with Crippen molar-refractivity contribution in [3.05, 3.63) is 108 Å². The van der Waals surface area contributed by atoms with Crippen molar-refractivity contribution in [2.24, 2.45) is 0 Å². The Kier molecular flexibility index (Phi) is 6.42. The van der Waals surface area contributed by atoms with E-state index >= 15 is 0 Å². The molecule has 0 fully saturated rings. The minimum absolute atomic E-state index is 0.640. The van der Waals surface area contributed by atoms with Crippen LogP contribution in [-0.4, -0.2) is 14.8 Å². The van der Waals surface area contributed by atoms with Gasteiger partial charge in [0, 0.05) is 5.75 Å². The molecule has 0 N–H and O–H groups in total. The van der Waals surface area contributed by atoms with Crippen LogP contribution in [0.4, 0.5) is 13.2 Å². The fourth-order valence-corrected chi connectivity index (χ4v) is 4.14. The van der Waals surface area contributed by atoms with Crippen LogP contribution in [0.25, 0.3) is 11.1 Å². The van der Waals surface area contributed by atoms with Gasteiger partial charge in [0.25, 0.3) is 0 Å². The summed E-state index contributed by atoms with van der Waals surface area (Å²) in [5.41, 5.74) is 3.34. The van der Waals surface area contributed by atoms with Gasteiger partial charge in [0.1, 0.15) is 12.2 Å². The van der Waals surface area contributed by atoms with Crippen LogP contribution < -0.4 is 0 Å². The molecule has 0 aliphatic carbocycles. The van der Waals surface area contributed by atoms with Crippen LogP contribution in [0.3, 0.4) is 0 Å². The summed E-state index contributed by atoms with van der Waals surface area (Å²) in [6.45, 7) is 0.640. The zero-order valence-corrected chi connectivity index (χ0v) is 17.4. The first kappa shape index (κ1) is 21.2. The Balaban J connectivity index is 1.38. The number of aromatic nitrogens is 3. The first-order valence-corrected chi connectivity index (χ1v) is 10.9. The summed E-state index contributed by atoms with van der Waals surface area (Å²) in [6.07, 6.45) is -2.60. The van der Waals surface area contributed by atoms with E-state index in [2.05, 4.69) is 22.3 Å². The second kappa shape index (κ2) is 9.39. The van der Waals surface area contributed by atoms with Gasteiger partial charge in [0.05, 0.1) is 17.9 Å². The van der Waals surface area contributed by atoms with Crippen molar-refractivity contribution in [1.29, 1.82) is 0 Å². The largest absolute Gasteiger partial charge is 0.416 e. The molecule has 7 heteroatoms. The lowest BCUT2D eigenvalue weighted by Crippen LogP contribution is -2.04. The summed E-state index contributed by atoms with van der Waals surface area (Å²) >= 11 is 1.79. The lowest BCUT2D eigenvalue weighted by atomic mass is 10.0. The molecule has 4 rings (SSSR count). The Bertz CT molecular complexity index is 1110. The van der Waals surface area contributed by atoms with E-state index < -0.39 is 11.7 Å². The molecule has 1 aromatic heterocycles. The molecule has 3 aromatic carbocycles. The van der Waals surface area contributed by atoms with Gasteiger partial charge in [-0.25, -0.2) is 0 Å². The molecule has 0 radical (unpaired) electrons. The third-order valence-corrected chi connectivity index (χ3v) is 5.89.